The zero-order chi connectivity index (χ0) is 27.7. The third-order valence-corrected chi connectivity index (χ3v) is 10.2. The van der Waals surface area contributed by atoms with Gasteiger partial charge in [-0.2, -0.15) is 0 Å². The van der Waals surface area contributed by atoms with Crippen LogP contribution in [0.1, 0.15) is 70.2 Å². The minimum absolute atomic E-state index is 0.0618. The van der Waals surface area contributed by atoms with Crippen LogP contribution in [-0.4, -0.2) is 71.2 Å². The lowest BCUT2D eigenvalue weighted by molar-refractivity contribution is 0.0583. The molecule has 210 valence electrons. The number of pyridine rings is 1. The van der Waals surface area contributed by atoms with E-state index in [2.05, 4.69) is 33.9 Å². The average Bonchev–Trinajstić information content (AvgIpc) is 3.21. The number of aromatic nitrogens is 1. The maximum atomic E-state index is 13.7. The maximum Gasteiger partial charge on any atom is 0.255 e. The van der Waals surface area contributed by atoms with E-state index in [1.165, 1.54) is 41.8 Å². The van der Waals surface area contributed by atoms with E-state index in [4.69, 9.17) is 5.41 Å². The second-order valence-electron chi connectivity index (χ2n) is 11.3. The van der Waals surface area contributed by atoms with Gasteiger partial charge in [0.1, 0.15) is 0 Å². The monoisotopic (exact) mass is 550 g/mol. The number of likely N-dealkylation sites (tertiary alicyclic amines) is 1. The predicted octanol–water partition coefficient (Wildman–Crippen LogP) is 4.13. The summed E-state index contributed by atoms with van der Waals surface area (Å²) in [5.41, 5.74) is 4.36. The zero-order valence-electron chi connectivity index (χ0n) is 23.7. The Hall–Kier alpha value is -2.91. The van der Waals surface area contributed by atoms with Crippen molar-refractivity contribution < 1.29 is 4.79 Å². The number of nitrogens with one attached hydrogen (secondary N) is 3. The summed E-state index contributed by atoms with van der Waals surface area (Å²) in [7, 11) is 0. The minimum atomic E-state index is -0.0915. The third kappa shape index (κ3) is 5.57. The van der Waals surface area contributed by atoms with E-state index in [-0.39, 0.29) is 11.5 Å². The van der Waals surface area contributed by atoms with Crippen molar-refractivity contribution in [1.29, 1.82) is 5.41 Å². The van der Waals surface area contributed by atoms with Gasteiger partial charge in [0, 0.05) is 67.0 Å². The Labute approximate surface area is 235 Å². The summed E-state index contributed by atoms with van der Waals surface area (Å²) in [5, 5.41) is 11.7. The second-order valence-corrected chi connectivity index (χ2v) is 12.4. The van der Waals surface area contributed by atoms with Gasteiger partial charge in [0.15, 0.2) is 0 Å². The molecule has 39 heavy (non-hydrogen) atoms. The van der Waals surface area contributed by atoms with Crippen molar-refractivity contribution in [3.8, 4) is 0 Å². The largest absolute Gasteiger partial charge is 0.386 e. The number of hydrogen-bond acceptors (Lipinski definition) is 7. The van der Waals surface area contributed by atoms with Gasteiger partial charge in [-0.15, -0.1) is 11.3 Å². The van der Waals surface area contributed by atoms with Crippen molar-refractivity contribution in [2.45, 2.75) is 84.5 Å². The van der Waals surface area contributed by atoms with Crippen LogP contribution in [0.15, 0.2) is 23.1 Å². The number of aryl methyl sites for hydroxylation is 2. The van der Waals surface area contributed by atoms with Crippen molar-refractivity contribution in [3.05, 3.63) is 61.5 Å². The van der Waals surface area contributed by atoms with Gasteiger partial charge in [-0.1, -0.05) is 0 Å². The molecule has 0 radical (unpaired) electrons. The molecular formula is C30H42N6O2S. The van der Waals surface area contributed by atoms with E-state index in [1.54, 1.807) is 6.08 Å². The fourth-order valence-electron chi connectivity index (χ4n) is 6.66. The predicted molar refractivity (Wildman–Crippen MR) is 160 cm³/mol. The quantitative estimate of drug-likeness (QED) is 0.408. The first-order chi connectivity index (χ1) is 18.8. The zero-order valence-corrected chi connectivity index (χ0v) is 24.5. The van der Waals surface area contributed by atoms with Crippen LogP contribution in [0.5, 0.6) is 0 Å². The lowest BCUT2D eigenvalue weighted by Crippen LogP contribution is -2.61. The molecule has 5 rings (SSSR count). The first-order valence-electron chi connectivity index (χ1n) is 14.3. The third-order valence-electron chi connectivity index (χ3n) is 8.81. The number of allylic oxidation sites excluding steroid dienone is 1. The molecular weight excluding hydrogens is 508 g/mol. The number of hydrogen-bond donors (Lipinski definition) is 3. The summed E-state index contributed by atoms with van der Waals surface area (Å²) in [5.74, 6) is 0.0618. The molecule has 0 aromatic carbocycles. The van der Waals surface area contributed by atoms with Crippen molar-refractivity contribution in [1.82, 2.24) is 20.1 Å². The van der Waals surface area contributed by atoms with Crippen molar-refractivity contribution >= 4 is 28.5 Å². The van der Waals surface area contributed by atoms with Crippen LogP contribution in [0.2, 0.25) is 0 Å². The molecule has 1 saturated heterocycles. The SMILES string of the molecule is CCN(c1sc2c(c1C)C(=O)N(Cc1c(C)cc(C)[nH]c1=O)CC2)C1CCC(N2CC(N/C=C\C=N)C2)CC1. The Balaban J connectivity index is 1.23. The first-order valence-corrected chi connectivity index (χ1v) is 15.2. The van der Waals surface area contributed by atoms with Gasteiger partial charge in [-0.05, 0) is 82.8 Å². The van der Waals surface area contributed by atoms with Crippen LogP contribution in [0.3, 0.4) is 0 Å². The molecule has 2 aliphatic heterocycles. The maximum absolute atomic E-state index is 13.7. The normalized spacial score (nSPS) is 22.2. The average molecular weight is 551 g/mol. The summed E-state index contributed by atoms with van der Waals surface area (Å²) in [6.07, 6.45) is 10.5. The number of carbonyl (C=O) groups is 1. The van der Waals surface area contributed by atoms with E-state index in [0.29, 0.717) is 36.8 Å². The second kappa shape index (κ2) is 11.7. The Bertz CT molecular complexity index is 1300. The fourth-order valence-corrected chi connectivity index (χ4v) is 8.08. The molecule has 1 aliphatic carbocycles. The molecule has 1 saturated carbocycles. The number of thiophene rings is 1. The van der Waals surface area contributed by atoms with Crippen LogP contribution >= 0.6 is 11.3 Å². The number of H-pyrrole nitrogens is 1. The number of nitrogens with zero attached hydrogens (tertiary/aromatic N) is 3. The Morgan fingerprint density at radius 1 is 1.18 bits per heavy atom. The fraction of sp³-hybridized carbons (Fsp3) is 0.567. The molecule has 1 amide bonds. The van der Waals surface area contributed by atoms with Crippen molar-refractivity contribution in [2.24, 2.45) is 0 Å². The van der Waals surface area contributed by atoms with Crippen LogP contribution in [0.25, 0.3) is 0 Å². The summed E-state index contributed by atoms with van der Waals surface area (Å²) in [4.78, 5) is 37.4. The first kappa shape index (κ1) is 27.6. The van der Waals surface area contributed by atoms with Crippen molar-refractivity contribution in [3.63, 3.8) is 0 Å². The summed E-state index contributed by atoms with van der Waals surface area (Å²) < 4.78 is 0. The number of fused-ring (bicyclic) bond motifs is 1. The topological polar surface area (TPSA) is 95.5 Å². The highest BCUT2D eigenvalue weighted by molar-refractivity contribution is 7.16. The van der Waals surface area contributed by atoms with Gasteiger partial charge in [0.2, 0.25) is 0 Å². The van der Waals surface area contributed by atoms with Gasteiger partial charge in [-0.3, -0.25) is 14.5 Å². The molecule has 2 fully saturated rings. The molecule has 0 unspecified atom stereocenters. The molecule has 0 bridgehead atoms. The van der Waals surface area contributed by atoms with Crippen LogP contribution in [0, 0.1) is 26.2 Å². The highest BCUT2D eigenvalue weighted by Crippen LogP contribution is 2.42. The lowest BCUT2D eigenvalue weighted by Gasteiger charge is -2.48. The van der Waals surface area contributed by atoms with Gasteiger partial charge in [0.05, 0.1) is 23.2 Å². The van der Waals surface area contributed by atoms with Gasteiger partial charge in [-0.25, -0.2) is 0 Å². The molecule has 2 aromatic heterocycles. The van der Waals surface area contributed by atoms with E-state index < -0.39 is 0 Å². The highest BCUT2D eigenvalue weighted by Gasteiger charge is 2.37. The van der Waals surface area contributed by atoms with Crippen LogP contribution < -0.4 is 15.8 Å². The number of rotatable bonds is 9. The van der Waals surface area contributed by atoms with Gasteiger partial charge >= 0.3 is 0 Å². The molecule has 3 N–H and O–H groups in total. The molecule has 9 heteroatoms. The van der Waals surface area contributed by atoms with E-state index in [1.807, 2.05) is 42.4 Å². The highest BCUT2D eigenvalue weighted by atomic mass is 32.1. The number of anilines is 1. The van der Waals surface area contributed by atoms with Gasteiger partial charge in [0.25, 0.3) is 11.5 Å². The lowest BCUT2D eigenvalue weighted by atomic mass is 9.87. The minimum Gasteiger partial charge on any atom is -0.386 e. The molecule has 0 atom stereocenters. The number of aromatic amines is 1. The van der Waals surface area contributed by atoms with Crippen LogP contribution in [0.4, 0.5) is 5.00 Å². The smallest absolute Gasteiger partial charge is 0.255 e. The Morgan fingerprint density at radius 2 is 1.92 bits per heavy atom. The molecule has 8 nitrogen and oxygen atoms in total. The number of carbonyl (C=O) groups excluding carboxylic acids is 1. The molecule has 3 aliphatic rings. The number of amides is 1. The summed E-state index contributed by atoms with van der Waals surface area (Å²) in [6.45, 7) is 12.3. The Kier molecular flexibility index (Phi) is 8.28. The summed E-state index contributed by atoms with van der Waals surface area (Å²) in [6, 6.07) is 3.64. The standard InChI is InChI=1S/C30H42N6O2S/c1-5-36(24-9-7-23(8-10-24)35-16-22(17-35)32-13-6-12-31)30-21(4)27-26(39-30)11-14-34(29(27)38)18-25-19(2)15-20(3)33-28(25)37/h6,12-13,15,22-24,31-32H,5,7-11,14,16-18H2,1-4H3,(H,33,37)/b13-6-,31-12?. The van der Waals surface area contributed by atoms with E-state index in [0.717, 1.165) is 48.4 Å². The Morgan fingerprint density at radius 3 is 2.59 bits per heavy atom. The summed E-state index contributed by atoms with van der Waals surface area (Å²) >= 11 is 1.81. The van der Waals surface area contributed by atoms with Crippen LogP contribution in [-0.2, 0) is 13.0 Å². The van der Waals surface area contributed by atoms with E-state index in [9.17, 15) is 9.59 Å². The molecule has 4 heterocycles. The molecule has 2 aromatic rings. The molecule has 0 spiro atoms. The van der Waals surface area contributed by atoms with Gasteiger partial charge < -0.3 is 25.5 Å². The van der Waals surface area contributed by atoms with E-state index >= 15 is 0 Å². The van der Waals surface area contributed by atoms with Crippen molar-refractivity contribution in [2.75, 3.05) is 31.1 Å².